The zero-order valence-corrected chi connectivity index (χ0v) is 17.7. The first-order valence-corrected chi connectivity index (χ1v) is 11.2. The summed E-state index contributed by atoms with van der Waals surface area (Å²) >= 11 is 0. The second-order valence-electron chi connectivity index (χ2n) is 7.42. The van der Waals surface area contributed by atoms with Gasteiger partial charge in [0.15, 0.2) is 0 Å². The van der Waals surface area contributed by atoms with Gasteiger partial charge in [0, 0.05) is 50.5 Å². The van der Waals surface area contributed by atoms with Crippen LogP contribution in [0.5, 0.6) is 0 Å². The topological polar surface area (TPSA) is 95.7 Å². The van der Waals surface area contributed by atoms with Crippen molar-refractivity contribution in [3.05, 3.63) is 53.6 Å². The van der Waals surface area contributed by atoms with E-state index < -0.39 is 10.0 Å². The third-order valence-corrected chi connectivity index (χ3v) is 6.34. The standard InChI is InChI=1S/C21H28N4O3S/c1-16-4-3-5-20(17(16)2)25-14-12-24(13-15-25)11-10-21(26)23-18-6-8-19(9-7-18)29(22,27)28/h3-9H,10-15H2,1-2H3,(H,23,26)(H2,22,27,28). The molecule has 2 aromatic carbocycles. The average molecular weight is 417 g/mol. The molecule has 29 heavy (non-hydrogen) atoms. The summed E-state index contributed by atoms with van der Waals surface area (Å²) in [6.07, 6.45) is 0.389. The van der Waals surface area contributed by atoms with Gasteiger partial charge in [0.2, 0.25) is 15.9 Å². The quantitative estimate of drug-likeness (QED) is 0.752. The van der Waals surface area contributed by atoms with E-state index >= 15 is 0 Å². The molecule has 8 heteroatoms. The summed E-state index contributed by atoms with van der Waals surface area (Å²) in [5.41, 5.74) is 4.49. The second-order valence-corrected chi connectivity index (χ2v) is 8.98. The Bertz CT molecular complexity index is 966. The molecule has 0 spiro atoms. The van der Waals surface area contributed by atoms with E-state index in [1.165, 1.54) is 28.9 Å². The van der Waals surface area contributed by atoms with E-state index in [0.717, 1.165) is 26.2 Å². The third kappa shape index (κ3) is 5.56. The van der Waals surface area contributed by atoms with E-state index in [-0.39, 0.29) is 10.8 Å². The fourth-order valence-corrected chi connectivity index (χ4v) is 4.02. The van der Waals surface area contributed by atoms with Crippen molar-refractivity contribution in [3.63, 3.8) is 0 Å². The molecular formula is C21H28N4O3S. The van der Waals surface area contributed by atoms with Crippen LogP contribution in [0.1, 0.15) is 17.5 Å². The largest absolute Gasteiger partial charge is 0.369 e. The molecule has 1 amide bonds. The Morgan fingerprint density at radius 2 is 1.69 bits per heavy atom. The number of hydrogen-bond acceptors (Lipinski definition) is 5. The molecule has 1 fully saturated rings. The lowest BCUT2D eigenvalue weighted by atomic mass is 10.1. The van der Waals surface area contributed by atoms with Crippen LogP contribution in [0.15, 0.2) is 47.4 Å². The summed E-state index contributed by atoms with van der Waals surface area (Å²) < 4.78 is 22.5. The second kappa shape index (κ2) is 8.94. The van der Waals surface area contributed by atoms with Gasteiger partial charge in [0.05, 0.1) is 4.90 Å². The van der Waals surface area contributed by atoms with Gasteiger partial charge in [0.1, 0.15) is 0 Å². The molecule has 156 valence electrons. The number of rotatable bonds is 6. The molecule has 0 aromatic heterocycles. The Labute approximate surface area is 172 Å². The number of anilines is 2. The lowest BCUT2D eigenvalue weighted by Crippen LogP contribution is -2.47. The molecule has 2 aromatic rings. The molecule has 0 saturated carbocycles. The number of benzene rings is 2. The molecule has 1 aliphatic rings. The number of piperazine rings is 1. The SMILES string of the molecule is Cc1cccc(N2CCN(CCC(=O)Nc3ccc(S(N)(=O)=O)cc3)CC2)c1C. The molecule has 0 unspecified atom stereocenters. The number of hydrogen-bond donors (Lipinski definition) is 2. The van der Waals surface area contributed by atoms with Gasteiger partial charge in [-0.15, -0.1) is 0 Å². The van der Waals surface area contributed by atoms with Crippen LogP contribution in [0.25, 0.3) is 0 Å². The number of carbonyl (C=O) groups excluding carboxylic acids is 1. The molecule has 1 saturated heterocycles. The van der Waals surface area contributed by atoms with Crippen LogP contribution in [0.3, 0.4) is 0 Å². The number of nitrogens with zero attached hydrogens (tertiary/aromatic N) is 2. The Morgan fingerprint density at radius 3 is 2.31 bits per heavy atom. The van der Waals surface area contributed by atoms with Crippen molar-refractivity contribution < 1.29 is 13.2 Å². The minimum absolute atomic E-state index is 0.0252. The smallest absolute Gasteiger partial charge is 0.238 e. The Balaban J connectivity index is 1.45. The summed E-state index contributed by atoms with van der Waals surface area (Å²) in [4.78, 5) is 16.9. The minimum atomic E-state index is -3.73. The zero-order valence-electron chi connectivity index (χ0n) is 16.9. The van der Waals surface area contributed by atoms with E-state index in [2.05, 4.69) is 47.2 Å². The van der Waals surface area contributed by atoms with Gasteiger partial charge in [-0.25, -0.2) is 13.6 Å². The fourth-order valence-electron chi connectivity index (χ4n) is 3.50. The summed E-state index contributed by atoms with van der Waals surface area (Å²) in [5.74, 6) is -0.0923. The number of carbonyl (C=O) groups is 1. The molecule has 3 rings (SSSR count). The molecule has 7 nitrogen and oxygen atoms in total. The van der Waals surface area contributed by atoms with Crippen molar-refractivity contribution in [2.75, 3.05) is 42.9 Å². The highest BCUT2D eigenvalue weighted by molar-refractivity contribution is 7.89. The number of sulfonamides is 1. The molecule has 0 radical (unpaired) electrons. The van der Waals surface area contributed by atoms with E-state index in [0.29, 0.717) is 18.7 Å². The van der Waals surface area contributed by atoms with Crippen molar-refractivity contribution >= 4 is 27.3 Å². The lowest BCUT2D eigenvalue weighted by molar-refractivity contribution is -0.116. The number of nitrogens with one attached hydrogen (secondary N) is 1. The highest BCUT2D eigenvalue weighted by Crippen LogP contribution is 2.23. The van der Waals surface area contributed by atoms with Crippen LogP contribution >= 0.6 is 0 Å². The summed E-state index contributed by atoms with van der Waals surface area (Å²) in [6.45, 7) is 8.73. The predicted octanol–water partition coefficient (Wildman–Crippen LogP) is 2.10. The van der Waals surface area contributed by atoms with Gasteiger partial charge in [-0.1, -0.05) is 12.1 Å². The maximum atomic E-state index is 12.2. The molecular weight excluding hydrogens is 388 g/mol. The predicted molar refractivity (Wildman–Crippen MR) is 116 cm³/mol. The van der Waals surface area contributed by atoms with Crippen LogP contribution < -0.4 is 15.4 Å². The number of aryl methyl sites for hydroxylation is 1. The number of primary sulfonamides is 1. The Morgan fingerprint density at radius 1 is 1.03 bits per heavy atom. The monoisotopic (exact) mass is 416 g/mol. The highest BCUT2D eigenvalue weighted by Gasteiger charge is 2.19. The molecule has 1 aliphatic heterocycles. The van der Waals surface area contributed by atoms with Crippen molar-refractivity contribution in [1.29, 1.82) is 0 Å². The normalized spacial score (nSPS) is 15.3. The van der Waals surface area contributed by atoms with Gasteiger partial charge in [0.25, 0.3) is 0 Å². The molecule has 0 bridgehead atoms. The highest BCUT2D eigenvalue weighted by atomic mass is 32.2. The summed E-state index contributed by atoms with van der Waals surface area (Å²) in [6, 6.07) is 12.3. The van der Waals surface area contributed by atoms with E-state index in [9.17, 15) is 13.2 Å². The van der Waals surface area contributed by atoms with Gasteiger partial charge in [-0.2, -0.15) is 0 Å². The maximum absolute atomic E-state index is 12.2. The molecule has 0 aliphatic carbocycles. The lowest BCUT2D eigenvalue weighted by Gasteiger charge is -2.37. The minimum Gasteiger partial charge on any atom is -0.369 e. The number of nitrogens with two attached hydrogens (primary N) is 1. The maximum Gasteiger partial charge on any atom is 0.238 e. The molecule has 3 N–H and O–H groups in total. The van der Waals surface area contributed by atoms with Gasteiger partial charge in [-0.3, -0.25) is 9.69 Å². The fraction of sp³-hybridized carbons (Fsp3) is 0.381. The van der Waals surface area contributed by atoms with E-state index in [4.69, 9.17) is 5.14 Å². The number of amides is 1. The first-order chi connectivity index (χ1) is 13.7. The molecule has 0 atom stereocenters. The van der Waals surface area contributed by atoms with Crippen LogP contribution in [-0.2, 0) is 14.8 Å². The Hall–Kier alpha value is -2.42. The van der Waals surface area contributed by atoms with Crippen molar-refractivity contribution in [2.45, 2.75) is 25.2 Å². The van der Waals surface area contributed by atoms with Crippen LogP contribution in [-0.4, -0.2) is 51.9 Å². The van der Waals surface area contributed by atoms with Gasteiger partial charge >= 0.3 is 0 Å². The van der Waals surface area contributed by atoms with Crippen LogP contribution in [0, 0.1) is 13.8 Å². The Kier molecular flexibility index (Phi) is 6.56. The van der Waals surface area contributed by atoms with Crippen molar-refractivity contribution in [2.24, 2.45) is 5.14 Å². The van der Waals surface area contributed by atoms with Crippen molar-refractivity contribution in [1.82, 2.24) is 4.90 Å². The van der Waals surface area contributed by atoms with Crippen LogP contribution in [0.4, 0.5) is 11.4 Å². The molecule has 1 heterocycles. The third-order valence-electron chi connectivity index (χ3n) is 5.41. The zero-order chi connectivity index (χ0) is 21.0. The van der Waals surface area contributed by atoms with E-state index in [1.807, 2.05) is 0 Å². The van der Waals surface area contributed by atoms with E-state index in [1.54, 1.807) is 12.1 Å². The van der Waals surface area contributed by atoms with Crippen molar-refractivity contribution in [3.8, 4) is 0 Å². The summed E-state index contributed by atoms with van der Waals surface area (Å²) in [7, 11) is -3.73. The first-order valence-electron chi connectivity index (χ1n) is 9.70. The average Bonchev–Trinajstić information content (AvgIpc) is 2.69. The van der Waals surface area contributed by atoms with Crippen LogP contribution in [0.2, 0.25) is 0 Å². The van der Waals surface area contributed by atoms with Gasteiger partial charge < -0.3 is 10.2 Å². The summed E-state index contributed by atoms with van der Waals surface area (Å²) in [5, 5.41) is 7.87. The van der Waals surface area contributed by atoms with Gasteiger partial charge in [-0.05, 0) is 55.3 Å². The first kappa shape index (κ1) is 21.3.